The predicted molar refractivity (Wildman–Crippen MR) is 173 cm³/mol. The van der Waals surface area contributed by atoms with Crippen molar-refractivity contribution < 1.29 is 48.9 Å². The Labute approximate surface area is 288 Å². The second-order valence-electron chi connectivity index (χ2n) is 11.7. The van der Waals surface area contributed by atoms with E-state index in [0.29, 0.717) is 11.1 Å². The second kappa shape index (κ2) is 13.2. The fourth-order valence-corrected chi connectivity index (χ4v) is 7.72. The summed E-state index contributed by atoms with van der Waals surface area (Å²) in [4.78, 5) is 93.8. The molecular weight excluding hydrogens is 676 g/mol. The molecule has 0 spiro atoms. The van der Waals surface area contributed by atoms with Gasteiger partial charge in [-0.15, -0.1) is 0 Å². The molecule has 4 saturated heterocycles. The first-order valence-electron chi connectivity index (χ1n) is 15.5. The number of phenols is 2. The molecule has 18 nitrogen and oxygen atoms in total. The van der Waals surface area contributed by atoms with Crippen LogP contribution in [0, 0.1) is 0 Å². The molecule has 4 fully saturated rings. The average Bonchev–Trinajstić information content (AvgIpc) is 3.66. The maximum atomic E-state index is 13.7. The number of amides is 8. The largest absolute Gasteiger partial charge is 0.504 e. The van der Waals surface area contributed by atoms with Crippen molar-refractivity contribution in [1.82, 2.24) is 35.2 Å². The third-order valence-corrected chi connectivity index (χ3v) is 10.5. The molecule has 5 N–H and O–H groups in total. The number of nitrogens with one attached hydrogen (secondary N) is 2. The molecule has 0 aliphatic carbocycles. The fourth-order valence-electron chi connectivity index (χ4n) is 6.09. The monoisotopic (exact) mass is 708 g/mol. The molecule has 2 aromatic carbocycles. The molecule has 0 aromatic heterocycles. The van der Waals surface area contributed by atoms with Gasteiger partial charge in [0.1, 0.15) is 17.5 Å². The number of carboxylic acids is 1. The smallest absolute Gasteiger partial charge is 0.342 e. The van der Waals surface area contributed by atoms with Crippen molar-refractivity contribution >= 4 is 59.6 Å². The summed E-state index contributed by atoms with van der Waals surface area (Å²) < 4.78 is 0. The first kappa shape index (κ1) is 34.0. The lowest BCUT2D eigenvalue weighted by molar-refractivity contribution is -0.153. The number of hydrogen-bond acceptors (Lipinski definition) is 11. The van der Waals surface area contributed by atoms with Crippen LogP contribution in [0.2, 0.25) is 0 Å². The first-order valence-corrected chi connectivity index (χ1v) is 16.4. The van der Waals surface area contributed by atoms with Gasteiger partial charge < -0.3 is 35.8 Å². The lowest BCUT2D eigenvalue weighted by Gasteiger charge is -2.41. The van der Waals surface area contributed by atoms with E-state index in [4.69, 9.17) is 0 Å². The van der Waals surface area contributed by atoms with Gasteiger partial charge in [-0.25, -0.2) is 19.4 Å². The average molecular weight is 709 g/mol. The van der Waals surface area contributed by atoms with Crippen LogP contribution in [0.25, 0.3) is 0 Å². The number of phenolic OH excluding ortho intramolecular Hbond substituents is 2. The van der Waals surface area contributed by atoms with Crippen molar-refractivity contribution in [2.45, 2.75) is 29.3 Å². The van der Waals surface area contributed by atoms with E-state index in [9.17, 15) is 48.9 Å². The Morgan fingerprint density at radius 2 is 1.74 bits per heavy atom. The number of piperazine rings is 1. The number of rotatable bonds is 9. The number of β-lactam (4-membered cyclic amide) rings is 1. The van der Waals surface area contributed by atoms with Crippen molar-refractivity contribution in [2.24, 2.45) is 5.10 Å². The van der Waals surface area contributed by atoms with Gasteiger partial charge in [0.25, 0.3) is 0 Å². The number of thioether (sulfide) groups is 1. The molecule has 4 atom stereocenters. The van der Waals surface area contributed by atoms with Crippen molar-refractivity contribution in [3.63, 3.8) is 0 Å². The number of carbonyl (C=O) groups excluding carboxylic acids is 6. The van der Waals surface area contributed by atoms with Crippen LogP contribution in [0.4, 0.5) is 9.59 Å². The Hall–Kier alpha value is -5.85. The minimum atomic E-state index is -1.90. The quantitative estimate of drug-likeness (QED) is 0.0964. The van der Waals surface area contributed by atoms with E-state index in [2.05, 4.69) is 15.7 Å². The zero-order chi connectivity index (χ0) is 35.9. The van der Waals surface area contributed by atoms with E-state index >= 15 is 0 Å². The van der Waals surface area contributed by atoms with Crippen LogP contribution in [-0.2, 0) is 24.0 Å². The van der Waals surface area contributed by atoms with Crippen molar-refractivity contribution in [3.05, 3.63) is 59.7 Å². The molecule has 4 heterocycles. The number of aliphatic carboxylic acids is 1. The van der Waals surface area contributed by atoms with Crippen molar-refractivity contribution in [3.8, 4) is 11.5 Å². The van der Waals surface area contributed by atoms with E-state index in [1.165, 1.54) is 34.2 Å². The highest BCUT2D eigenvalue weighted by Gasteiger charge is 2.66. The number of likely N-dealkylation sites (N-methyl/N-ethyl adjacent to an activating group) is 1. The molecule has 2 aromatic rings. The van der Waals surface area contributed by atoms with E-state index in [-0.39, 0.29) is 50.8 Å². The molecular formula is C31H32N8O10S. The van der Waals surface area contributed by atoms with Gasteiger partial charge in [0.2, 0.25) is 16.7 Å². The number of hydrogen-bond donors (Lipinski definition) is 5. The molecule has 4 aliphatic rings. The number of carbonyl (C=O) groups is 7. The number of fused-ring (bicyclic) bond motifs is 1. The van der Waals surface area contributed by atoms with Gasteiger partial charge in [0.05, 0.1) is 19.3 Å². The van der Waals surface area contributed by atoms with Crippen LogP contribution in [0.5, 0.6) is 11.5 Å². The Kier molecular flexibility index (Phi) is 9.00. The van der Waals surface area contributed by atoms with Crippen molar-refractivity contribution in [1.29, 1.82) is 0 Å². The van der Waals surface area contributed by atoms with Gasteiger partial charge in [-0.05, 0) is 36.2 Å². The molecule has 1 unspecified atom stereocenters. The van der Waals surface area contributed by atoms with Crippen LogP contribution >= 0.6 is 11.8 Å². The maximum absolute atomic E-state index is 13.7. The second-order valence-corrected chi connectivity index (χ2v) is 13.1. The highest BCUT2D eigenvalue weighted by atomic mass is 32.2. The Balaban J connectivity index is 1.16. The summed E-state index contributed by atoms with van der Waals surface area (Å²) in [5.41, 5.74) is 0.685. The van der Waals surface area contributed by atoms with Gasteiger partial charge >= 0.3 is 29.8 Å². The standard InChI is InChI=1S/C31H32N8O10S/c1-2-35-10-11-36(26(45)25(35)44)29(48)34-21(18-6-4-3-5-7-18)23(42)33-22-24(43)37-16-31(28(46)47,50-27(22)37)38-12-13-39(30(38)49)32-15-17-8-9-19(40)20(41)14-17/h3-9,14-15,21-22,27,40-41H,2,10-13,16H2,1H3,(H,33,42)(H,34,48)(H,46,47)/b32-15+/t21?,22-,27-,31-/m1/s1. The zero-order valence-electron chi connectivity index (χ0n) is 26.5. The van der Waals surface area contributed by atoms with Gasteiger partial charge in [-0.2, -0.15) is 5.10 Å². The topological polar surface area (TPSA) is 233 Å². The minimum Gasteiger partial charge on any atom is -0.504 e. The van der Waals surface area contributed by atoms with E-state index in [1.807, 2.05) is 0 Å². The third-order valence-electron chi connectivity index (χ3n) is 8.84. The van der Waals surface area contributed by atoms with Crippen LogP contribution in [0.15, 0.2) is 53.6 Å². The number of imide groups is 1. The number of hydrazone groups is 1. The first-order chi connectivity index (χ1) is 23.9. The molecule has 50 heavy (non-hydrogen) atoms. The fraction of sp³-hybridized carbons (Fsp3) is 0.355. The van der Waals surface area contributed by atoms with Crippen molar-refractivity contribution in [2.75, 3.05) is 39.3 Å². The molecule has 262 valence electrons. The Morgan fingerprint density at radius 3 is 2.42 bits per heavy atom. The summed E-state index contributed by atoms with van der Waals surface area (Å²) >= 11 is 0.812. The van der Waals surface area contributed by atoms with E-state index in [0.717, 1.165) is 26.6 Å². The Bertz CT molecular complexity index is 1810. The maximum Gasteiger partial charge on any atom is 0.342 e. The number of aromatic hydroxyl groups is 2. The highest BCUT2D eigenvalue weighted by molar-refractivity contribution is 8.02. The molecule has 4 aliphatic heterocycles. The molecule has 8 amide bonds. The number of benzene rings is 2. The number of carboxylic acid groups (broad SMARTS) is 1. The molecule has 0 radical (unpaired) electrons. The van der Waals surface area contributed by atoms with E-state index < -0.39 is 64.0 Å². The van der Waals surface area contributed by atoms with E-state index in [1.54, 1.807) is 37.3 Å². The summed E-state index contributed by atoms with van der Waals surface area (Å²) in [5.74, 6) is -5.41. The molecule has 19 heteroatoms. The lowest BCUT2D eigenvalue weighted by atomic mass is 10.0. The zero-order valence-corrected chi connectivity index (χ0v) is 27.3. The van der Waals surface area contributed by atoms with Gasteiger partial charge in [0.15, 0.2) is 11.5 Å². The number of urea groups is 2. The normalized spacial score (nSPS) is 24.1. The van der Waals surface area contributed by atoms with Crippen LogP contribution in [0.3, 0.4) is 0 Å². The summed E-state index contributed by atoms with van der Waals surface area (Å²) in [7, 11) is 0. The van der Waals surface area contributed by atoms with Gasteiger partial charge in [0, 0.05) is 26.2 Å². The van der Waals surface area contributed by atoms with Crippen LogP contribution in [-0.4, -0.2) is 143 Å². The summed E-state index contributed by atoms with van der Waals surface area (Å²) in [6, 6.07) is 7.64. The van der Waals surface area contributed by atoms with Crippen LogP contribution in [0.1, 0.15) is 24.1 Å². The predicted octanol–water partition coefficient (Wildman–Crippen LogP) is -0.508. The molecule has 0 saturated carbocycles. The van der Waals surface area contributed by atoms with Gasteiger partial charge in [-0.1, -0.05) is 42.1 Å². The molecule has 0 bridgehead atoms. The molecule has 6 rings (SSSR count). The highest BCUT2D eigenvalue weighted by Crippen LogP contribution is 2.49. The number of nitrogens with zero attached hydrogens (tertiary/aromatic N) is 6. The Morgan fingerprint density at radius 1 is 1.00 bits per heavy atom. The van der Waals surface area contributed by atoms with Gasteiger partial charge in [-0.3, -0.25) is 29.0 Å². The third kappa shape index (κ3) is 5.88. The minimum absolute atomic E-state index is 0.0216. The SMILES string of the molecule is CCN1CCN(C(=O)NC(C(=O)N[C@@H]2C(=O)N3C[C@@](C(=O)O)(N4CCN(/N=C/c5ccc(O)c(O)c5)C4=O)S[C@H]23)c2ccccc2)C(=O)C1=O. The lowest BCUT2D eigenvalue weighted by Crippen LogP contribution is -2.68. The summed E-state index contributed by atoms with van der Waals surface area (Å²) in [5, 5.41) is 39.0. The summed E-state index contributed by atoms with van der Waals surface area (Å²) in [6.07, 6.45) is 1.26. The summed E-state index contributed by atoms with van der Waals surface area (Å²) in [6.45, 7) is 1.64. The van der Waals surface area contributed by atoms with Crippen LogP contribution < -0.4 is 10.6 Å².